The third-order valence-electron chi connectivity index (χ3n) is 4.43. The summed E-state index contributed by atoms with van der Waals surface area (Å²) in [5, 5.41) is 14.8. The van der Waals surface area contributed by atoms with E-state index >= 15 is 0 Å². The highest BCUT2D eigenvalue weighted by Crippen LogP contribution is 2.29. The van der Waals surface area contributed by atoms with Crippen LogP contribution in [0.2, 0.25) is 0 Å². The SMILES string of the molecule is Cc1ccc(C(=O)N[C@@](N)(C(=NC#N)Nc2cccc(F)c2)C(C)(C)C)cc1. The van der Waals surface area contributed by atoms with Gasteiger partial charge in [0.25, 0.3) is 5.91 Å². The number of aryl methyl sites for hydroxylation is 1. The molecule has 0 spiro atoms. The second-order valence-electron chi connectivity index (χ2n) is 7.57. The molecule has 0 aliphatic rings. The summed E-state index contributed by atoms with van der Waals surface area (Å²) >= 11 is 0. The maximum atomic E-state index is 13.6. The van der Waals surface area contributed by atoms with E-state index in [-0.39, 0.29) is 5.84 Å². The molecule has 0 aliphatic carbocycles. The summed E-state index contributed by atoms with van der Waals surface area (Å²) < 4.78 is 13.6. The van der Waals surface area contributed by atoms with Crippen molar-refractivity contribution in [2.75, 3.05) is 5.32 Å². The Bertz CT molecular complexity index is 925. The number of nitrogens with zero attached hydrogens (tertiary/aromatic N) is 2. The van der Waals surface area contributed by atoms with Crippen molar-refractivity contribution in [1.29, 1.82) is 5.26 Å². The van der Waals surface area contributed by atoms with Crippen LogP contribution in [0.25, 0.3) is 0 Å². The number of rotatable bonds is 4. The fourth-order valence-corrected chi connectivity index (χ4v) is 2.53. The number of amidine groups is 1. The summed E-state index contributed by atoms with van der Waals surface area (Å²) in [6, 6.07) is 12.7. The first kappa shape index (κ1) is 21.1. The number of halogens is 1. The molecule has 0 radical (unpaired) electrons. The molecular weight excluding hydrogens is 357 g/mol. The van der Waals surface area contributed by atoms with Gasteiger partial charge in [-0.05, 0) is 37.3 Å². The zero-order valence-electron chi connectivity index (χ0n) is 16.4. The number of aliphatic imine (C=N–C) groups is 1. The molecule has 0 saturated heterocycles. The molecule has 1 amide bonds. The van der Waals surface area contributed by atoms with Crippen molar-refractivity contribution in [1.82, 2.24) is 5.32 Å². The third-order valence-corrected chi connectivity index (χ3v) is 4.43. The fourth-order valence-electron chi connectivity index (χ4n) is 2.53. The summed E-state index contributed by atoms with van der Waals surface area (Å²) in [6.07, 6.45) is 1.70. The van der Waals surface area contributed by atoms with Crippen molar-refractivity contribution in [2.24, 2.45) is 16.1 Å². The maximum Gasteiger partial charge on any atom is 0.253 e. The molecular formula is C21H24FN5O. The minimum atomic E-state index is -1.53. The molecule has 28 heavy (non-hydrogen) atoms. The van der Waals surface area contributed by atoms with E-state index in [1.54, 1.807) is 24.4 Å². The minimum absolute atomic E-state index is 0.00793. The fraction of sp³-hybridized carbons (Fsp3) is 0.286. The summed E-state index contributed by atoms with van der Waals surface area (Å²) in [4.78, 5) is 16.6. The van der Waals surface area contributed by atoms with E-state index in [4.69, 9.17) is 11.0 Å². The number of carbonyl (C=O) groups excluding carboxylic acids is 1. The Hall–Kier alpha value is -3.24. The van der Waals surface area contributed by atoms with Crippen LogP contribution in [0.15, 0.2) is 53.5 Å². The van der Waals surface area contributed by atoms with Crippen LogP contribution < -0.4 is 16.4 Å². The number of nitriles is 1. The lowest BCUT2D eigenvalue weighted by atomic mass is 9.79. The lowest BCUT2D eigenvalue weighted by Crippen LogP contribution is -2.70. The summed E-state index contributed by atoms with van der Waals surface area (Å²) in [7, 11) is 0. The average molecular weight is 381 g/mol. The normalized spacial score (nSPS) is 14.0. The number of hydrogen-bond acceptors (Lipinski definition) is 4. The standard InChI is InChI=1S/C21H24FN5O/c1-14-8-10-15(11-9-14)18(28)27-21(24,20(2,3)4)19(25-13-23)26-17-7-5-6-16(22)12-17/h5-12H,24H2,1-4H3,(H,25,26)(H,27,28)/t21-/m0/s1. The molecule has 2 aromatic rings. The van der Waals surface area contributed by atoms with E-state index in [1.807, 2.05) is 39.8 Å². The van der Waals surface area contributed by atoms with Gasteiger partial charge in [0, 0.05) is 16.7 Å². The highest BCUT2D eigenvalue weighted by atomic mass is 19.1. The van der Waals surface area contributed by atoms with Crippen molar-refractivity contribution in [3.63, 3.8) is 0 Å². The Morgan fingerprint density at radius 3 is 2.36 bits per heavy atom. The molecule has 0 aromatic heterocycles. The molecule has 0 fully saturated rings. The van der Waals surface area contributed by atoms with Crippen LogP contribution in [-0.2, 0) is 0 Å². The highest BCUT2D eigenvalue weighted by molar-refractivity contribution is 6.07. The van der Waals surface area contributed by atoms with Crippen LogP contribution in [0.5, 0.6) is 0 Å². The number of nitrogens with one attached hydrogen (secondary N) is 2. The van der Waals surface area contributed by atoms with Crippen LogP contribution in [-0.4, -0.2) is 17.4 Å². The van der Waals surface area contributed by atoms with E-state index in [0.29, 0.717) is 11.3 Å². The molecule has 146 valence electrons. The van der Waals surface area contributed by atoms with Gasteiger partial charge in [-0.3, -0.25) is 4.79 Å². The van der Waals surface area contributed by atoms with Gasteiger partial charge in [0.1, 0.15) is 5.82 Å². The largest absolute Gasteiger partial charge is 0.340 e. The van der Waals surface area contributed by atoms with Crippen molar-refractivity contribution in [3.05, 3.63) is 65.5 Å². The molecule has 2 aromatic carbocycles. The molecule has 4 N–H and O–H groups in total. The molecule has 0 saturated carbocycles. The number of amides is 1. The van der Waals surface area contributed by atoms with Crippen LogP contribution in [0.1, 0.15) is 36.7 Å². The second kappa shape index (κ2) is 8.19. The third kappa shape index (κ3) is 4.72. The second-order valence-corrected chi connectivity index (χ2v) is 7.57. The molecule has 2 rings (SSSR count). The molecule has 1 atom stereocenters. The highest BCUT2D eigenvalue weighted by Gasteiger charge is 2.45. The number of hydrogen-bond donors (Lipinski definition) is 3. The van der Waals surface area contributed by atoms with Gasteiger partial charge >= 0.3 is 0 Å². The lowest BCUT2D eigenvalue weighted by Gasteiger charge is -2.42. The Balaban J connectivity index is 2.43. The summed E-state index contributed by atoms with van der Waals surface area (Å²) in [5.74, 6) is -0.860. The molecule has 0 aliphatic heterocycles. The predicted octanol–water partition coefficient (Wildman–Crippen LogP) is 3.56. The minimum Gasteiger partial charge on any atom is -0.340 e. The van der Waals surface area contributed by atoms with Crippen LogP contribution in [0.3, 0.4) is 0 Å². The molecule has 0 bridgehead atoms. The lowest BCUT2D eigenvalue weighted by molar-refractivity contribution is 0.0867. The number of nitrogens with two attached hydrogens (primary N) is 1. The van der Waals surface area contributed by atoms with Gasteiger partial charge in [0.2, 0.25) is 6.19 Å². The van der Waals surface area contributed by atoms with E-state index in [1.165, 1.54) is 18.2 Å². The topological polar surface area (TPSA) is 103 Å². The van der Waals surface area contributed by atoms with Gasteiger partial charge in [-0.15, -0.1) is 0 Å². The Labute approximate surface area is 164 Å². The monoisotopic (exact) mass is 381 g/mol. The van der Waals surface area contributed by atoms with Crippen LogP contribution >= 0.6 is 0 Å². The zero-order chi connectivity index (χ0) is 20.9. The quantitative estimate of drug-likeness (QED) is 0.326. The van der Waals surface area contributed by atoms with E-state index in [0.717, 1.165) is 5.56 Å². The number of anilines is 1. The maximum absolute atomic E-state index is 13.6. The Kier molecular flexibility index (Phi) is 6.16. The van der Waals surface area contributed by atoms with Crippen molar-refractivity contribution >= 4 is 17.4 Å². The smallest absolute Gasteiger partial charge is 0.253 e. The molecule has 6 nitrogen and oxygen atoms in total. The predicted molar refractivity (Wildman–Crippen MR) is 108 cm³/mol. The first-order chi connectivity index (χ1) is 13.1. The van der Waals surface area contributed by atoms with Crippen molar-refractivity contribution in [2.45, 2.75) is 33.4 Å². The number of benzene rings is 2. The van der Waals surface area contributed by atoms with Gasteiger partial charge < -0.3 is 16.4 Å². The first-order valence-corrected chi connectivity index (χ1v) is 8.75. The molecule has 7 heteroatoms. The van der Waals surface area contributed by atoms with Gasteiger partial charge in [0.15, 0.2) is 11.5 Å². The Morgan fingerprint density at radius 1 is 1.18 bits per heavy atom. The van der Waals surface area contributed by atoms with Crippen molar-refractivity contribution < 1.29 is 9.18 Å². The van der Waals surface area contributed by atoms with Gasteiger partial charge in [-0.1, -0.05) is 44.5 Å². The van der Waals surface area contributed by atoms with Crippen molar-refractivity contribution in [3.8, 4) is 6.19 Å². The van der Waals surface area contributed by atoms with Gasteiger partial charge in [0.05, 0.1) is 0 Å². The first-order valence-electron chi connectivity index (χ1n) is 8.75. The van der Waals surface area contributed by atoms with E-state index in [9.17, 15) is 9.18 Å². The molecule has 0 unspecified atom stereocenters. The van der Waals surface area contributed by atoms with Gasteiger partial charge in [-0.25, -0.2) is 4.39 Å². The zero-order valence-corrected chi connectivity index (χ0v) is 16.4. The van der Waals surface area contributed by atoms with Crippen LogP contribution in [0, 0.1) is 29.6 Å². The summed E-state index contributed by atoms with van der Waals surface area (Å²) in [5.41, 5.74) is 6.13. The van der Waals surface area contributed by atoms with Crippen LogP contribution in [0.4, 0.5) is 10.1 Å². The van der Waals surface area contributed by atoms with E-state index < -0.39 is 22.8 Å². The average Bonchev–Trinajstić information content (AvgIpc) is 2.61. The summed E-state index contributed by atoms with van der Waals surface area (Å²) in [6.45, 7) is 7.35. The molecule has 0 heterocycles. The Morgan fingerprint density at radius 2 is 1.82 bits per heavy atom. The number of carbonyl (C=O) groups is 1. The van der Waals surface area contributed by atoms with E-state index in [2.05, 4.69) is 15.6 Å². The van der Waals surface area contributed by atoms with Gasteiger partial charge in [-0.2, -0.15) is 10.3 Å².